The van der Waals surface area contributed by atoms with Crippen molar-refractivity contribution < 1.29 is 14.3 Å². The van der Waals surface area contributed by atoms with E-state index in [2.05, 4.69) is 4.98 Å². The van der Waals surface area contributed by atoms with Crippen molar-refractivity contribution in [2.75, 3.05) is 19.7 Å². The van der Waals surface area contributed by atoms with Crippen LogP contribution in [-0.2, 0) is 16.1 Å². The van der Waals surface area contributed by atoms with Crippen LogP contribution in [-0.4, -0.2) is 46.0 Å². The Kier molecular flexibility index (Phi) is 5.40. The van der Waals surface area contributed by atoms with Gasteiger partial charge >= 0.3 is 5.69 Å². The topological polar surface area (TPSA) is 108 Å². The molecule has 9 heteroatoms. The maximum Gasteiger partial charge on any atom is 0.348 e. The molecule has 1 aliphatic heterocycles. The van der Waals surface area contributed by atoms with Crippen molar-refractivity contribution in [2.24, 2.45) is 5.73 Å². The van der Waals surface area contributed by atoms with Gasteiger partial charge in [-0.1, -0.05) is 18.2 Å². The summed E-state index contributed by atoms with van der Waals surface area (Å²) in [5, 5.41) is 0.908. The van der Waals surface area contributed by atoms with Crippen LogP contribution in [0.5, 0.6) is 0 Å². The number of thiophene rings is 1. The number of morpholine rings is 1. The Labute approximate surface area is 176 Å². The molecule has 0 saturated carbocycles. The average Bonchev–Trinajstić information content (AvgIpc) is 3.10. The molecule has 30 heavy (non-hydrogen) atoms. The molecule has 1 aliphatic rings. The summed E-state index contributed by atoms with van der Waals surface area (Å²) in [5.41, 5.74) is 7.21. The van der Waals surface area contributed by atoms with Gasteiger partial charge in [0.2, 0.25) is 5.91 Å². The van der Waals surface area contributed by atoms with Crippen LogP contribution in [0.3, 0.4) is 0 Å². The number of hydrogen-bond acceptors (Lipinski definition) is 6. The fourth-order valence-corrected chi connectivity index (χ4v) is 4.93. The van der Waals surface area contributed by atoms with Crippen LogP contribution in [0.4, 0.5) is 0 Å². The number of aryl methyl sites for hydroxylation is 2. The van der Waals surface area contributed by atoms with Gasteiger partial charge in [-0.15, -0.1) is 11.3 Å². The average molecular weight is 426 g/mol. The third-order valence-corrected chi connectivity index (χ3v) is 6.44. The number of fused-ring (bicyclic) bond motifs is 1. The molecule has 0 radical (unpaired) electrons. The van der Waals surface area contributed by atoms with Crippen LogP contribution in [0.15, 0.2) is 35.1 Å². The second-order valence-corrected chi connectivity index (χ2v) is 8.36. The Morgan fingerprint density at radius 3 is 2.80 bits per heavy atom. The predicted molar refractivity (Wildman–Crippen MR) is 114 cm³/mol. The zero-order chi connectivity index (χ0) is 21.4. The molecule has 0 spiro atoms. The van der Waals surface area contributed by atoms with Crippen molar-refractivity contribution in [2.45, 2.75) is 26.5 Å². The van der Waals surface area contributed by atoms with Gasteiger partial charge < -0.3 is 15.4 Å². The smallest absolute Gasteiger partial charge is 0.348 e. The van der Waals surface area contributed by atoms with E-state index in [1.54, 1.807) is 24.8 Å². The molecule has 2 amide bonds. The van der Waals surface area contributed by atoms with Gasteiger partial charge in [0.1, 0.15) is 12.6 Å². The molecule has 156 valence electrons. The van der Waals surface area contributed by atoms with E-state index in [4.69, 9.17) is 10.5 Å². The standard InChI is InChI=1S/C21H22N4O4S/c1-12-9-13(2)25(21(28)23-12)11-17(26)24-7-8-29-15(10-24)18-14-5-3-4-6-16(14)30-19(18)20(22)27/h3-6,9,15H,7-8,10-11H2,1-2H3,(H2,22,27). The van der Waals surface area contributed by atoms with E-state index < -0.39 is 17.7 Å². The molecule has 1 atom stereocenters. The Hall–Kier alpha value is -3.04. The minimum Gasteiger partial charge on any atom is -0.370 e. The summed E-state index contributed by atoms with van der Waals surface area (Å²) in [5.74, 6) is -0.703. The number of ether oxygens (including phenoxy) is 1. The Bertz CT molecular complexity index is 1200. The van der Waals surface area contributed by atoms with Gasteiger partial charge in [-0.25, -0.2) is 4.79 Å². The first-order chi connectivity index (χ1) is 14.3. The fraction of sp³-hybridized carbons (Fsp3) is 0.333. The molecule has 0 bridgehead atoms. The summed E-state index contributed by atoms with van der Waals surface area (Å²) in [6, 6.07) is 9.43. The number of benzene rings is 1. The molecular weight excluding hydrogens is 404 g/mol. The van der Waals surface area contributed by atoms with Crippen LogP contribution in [0.1, 0.15) is 32.7 Å². The second-order valence-electron chi connectivity index (χ2n) is 7.31. The summed E-state index contributed by atoms with van der Waals surface area (Å²) in [6.07, 6.45) is -0.463. The minimum atomic E-state index is -0.508. The summed E-state index contributed by atoms with van der Waals surface area (Å²) in [4.78, 5) is 43.2. The normalized spacial score (nSPS) is 16.7. The van der Waals surface area contributed by atoms with Crippen molar-refractivity contribution in [3.63, 3.8) is 0 Å². The lowest BCUT2D eigenvalue weighted by atomic mass is 10.0. The summed E-state index contributed by atoms with van der Waals surface area (Å²) in [6.45, 7) is 4.47. The monoisotopic (exact) mass is 426 g/mol. The quantitative estimate of drug-likeness (QED) is 0.684. The Balaban J connectivity index is 1.61. The van der Waals surface area contributed by atoms with Crippen LogP contribution in [0.2, 0.25) is 0 Å². The molecule has 2 N–H and O–H groups in total. The molecule has 2 aromatic heterocycles. The summed E-state index contributed by atoms with van der Waals surface area (Å²) >= 11 is 1.33. The van der Waals surface area contributed by atoms with Crippen molar-refractivity contribution in [1.82, 2.24) is 14.5 Å². The first kappa shape index (κ1) is 20.2. The highest BCUT2D eigenvalue weighted by Gasteiger charge is 2.31. The van der Waals surface area contributed by atoms with Gasteiger partial charge in [0.15, 0.2) is 0 Å². The number of carbonyl (C=O) groups is 2. The number of nitrogens with zero attached hydrogens (tertiary/aromatic N) is 3. The molecular formula is C21H22N4O4S. The van der Waals surface area contributed by atoms with Gasteiger partial charge in [0, 0.05) is 28.2 Å². The lowest BCUT2D eigenvalue weighted by Gasteiger charge is -2.33. The predicted octanol–water partition coefficient (Wildman–Crippen LogP) is 1.77. The van der Waals surface area contributed by atoms with E-state index >= 15 is 0 Å². The summed E-state index contributed by atoms with van der Waals surface area (Å²) in [7, 11) is 0. The number of amides is 2. The maximum absolute atomic E-state index is 12.9. The van der Waals surface area contributed by atoms with E-state index in [9.17, 15) is 14.4 Å². The van der Waals surface area contributed by atoms with E-state index in [1.807, 2.05) is 24.3 Å². The SMILES string of the molecule is Cc1cc(C)n(CC(=O)N2CCOC(c3c(C(N)=O)sc4ccccc34)C2)c(=O)n1. The Morgan fingerprint density at radius 1 is 1.30 bits per heavy atom. The zero-order valence-corrected chi connectivity index (χ0v) is 17.6. The van der Waals surface area contributed by atoms with E-state index in [1.165, 1.54) is 15.9 Å². The molecule has 1 fully saturated rings. The first-order valence-corrected chi connectivity index (χ1v) is 10.4. The third-order valence-electron chi connectivity index (χ3n) is 5.24. The summed E-state index contributed by atoms with van der Waals surface area (Å²) < 4.78 is 8.25. The Morgan fingerprint density at radius 2 is 2.07 bits per heavy atom. The van der Waals surface area contributed by atoms with Crippen molar-refractivity contribution in [3.8, 4) is 0 Å². The molecule has 1 aromatic carbocycles. The lowest BCUT2D eigenvalue weighted by molar-refractivity contribution is -0.139. The van der Waals surface area contributed by atoms with Gasteiger partial charge in [-0.05, 0) is 31.4 Å². The third kappa shape index (κ3) is 3.73. The van der Waals surface area contributed by atoms with Gasteiger partial charge in [0.05, 0.1) is 18.0 Å². The fourth-order valence-electron chi connectivity index (χ4n) is 3.82. The van der Waals surface area contributed by atoms with Crippen LogP contribution in [0, 0.1) is 13.8 Å². The van der Waals surface area contributed by atoms with Gasteiger partial charge in [-0.2, -0.15) is 4.98 Å². The highest BCUT2D eigenvalue weighted by Crippen LogP contribution is 2.38. The van der Waals surface area contributed by atoms with E-state index in [-0.39, 0.29) is 19.0 Å². The van der Waals surface area contributed by atoms with E-state index in [0.29, 0.717) is 29.4 Å². The molecule has 1 unspecified atom stereocenters. The highest BCUT2D eigenvalue weighted by molar-refractivity contribution is 7.21. The number of hydrogen-bond donors (Lipinski definition) is 1. The van der Waals surface area contributed by atoms with Crippen molar-refractivity contribution >= 4 is 33.2 Å². The van der Waals surface area contributed by atoms with E-state index in [0.717, 1.165) is 15.6 Å². The number of rotatable bonds is 4. The van der Waals surface area contributed by atoms with Crippen LogP contribution >= 0.6 is 11.3 Å². The maximum atomic E-state index is 12.9. The molecule has 1 saturated heterocycles. The lowest BCUT2D eigenvalue weighted by Crippen LogP contribution is -2.45. The molecule has 3 heterocycles. The largest absolute Gasteiger partial charge is 0.370 e. The van der Waals surface area contributed by atoms with Crippen LogP contribution < -0.4 is 11.4 Å². The second kappa shape index (κ2) is 8.00. The number of carbonyl (C=O) groups excluding carboxylic acids is 2. The number of primary amides is 1. The van der Waals surface area contributed by atoms with Gasteiger partial charge in [0.25, 0.3) is 5.91 Å². The van der Waals surface area contributed by atoms with Crippen molar-refractivity contribution in [1.29, 1.82) is 0 Å². The number of aromatic nitrogens is 2. The van der Waals surface area contributed by atoms with Crippen molar-refractivity contribution in [3.05, 3.63) is 62.6 Å². The highest BCUT2D eigenvalue weighted by atomic mass is 32.1. The number of nitrogens with two attached hydrogens (primary N) is 1. The first-order valence-electron chi connectivity index (χ1n) is 9.61. The molecule has 0 aliphatic carbocycles. The minimum absolute atomic E-state index is 0.0856. The molecule has 3 aromatic rings. The van der Waals surface area contributed by atoms with Gasteiger partial charge in [-0.3, -0.25) is 14.2 Å². The molecule has 8 nitrogen and oxygen atoms in total. The molecule has 4 rings (SSSR count). The zero-order valence-electron chi connectivity index (χ0n) is 16.8. The van der Waals surface area contributed by atoms with Crippen LogP contribution in [0.25, 0.3) is 10.1 Å².